The second kappa shape index (κ2) is 16.0. The summed E-state index contributed by atoms with van der Waals surface area (Å²) in [5.74, 6) is 0.489. The molecule has 70 heavy (non-hydrogen) atoms. The lowest BCUT2D eigenvalue weighted by Gasteiger charge is -2.51. The number of hydrogen-bond acceptors (Lipinski definition) is 3. The summed E-state index contributed by atoms with van der Waals surface area (Å²) in [5, 5.41) is 2.85. The van der Waals surface area contributed by atoms with Gasteiger partial charge >= 0.3 is 0 Å². The van der Waals surface area contributed by atoms with Gasteiger partial charge in [0.1, 0.15) is 0 Å². The monoisotopic (exact) mass is 947 g/mol. The number of anilines is 3. The molecule has 0 amide bonds. The van der Waals surface area contributed by atoms with Crippen molar-refractivity contribution in [1.29, 1.82) is 0 Å². The number of allylic oxidation sites excluding steroid dienone is 4. The van der Waals surface area contributed by atoms with Gasteiger partial charge in [0.15, 0.2) is 0 Å². The van der Waals surface area contributed by atoms with Gasteiger partial charge in [0, 0.05) is 27.5 Å². The Morgan fingerprint density at radius 1 is 0.657 bits per heavy atom. The van der Waals surface area contributed by atoms with E-state index in [4.69, 9.17) is 0 Å². The topological polar surface area (TPSA) is 6.48 Å². The van der Waals surface area contributed by atoms with Crippen LogP contribution in [-0.2, 0) is 32.5 Å². The molecular weight excluding hydrogens is 864 g/mol. The lowest BCUT2D eigenvalue weighted by molar-refractivity contribution is 0.293. The first-order chi connectivity index (χ1) is 32.3. The van der Waals surface area contributed by atoms with Crippen LogP contribution in [0.5, 0.6) is 0 Å². The van der Waals surface area contributed by atoms with Gasteiger partial charge < -0.3 is 9.80 Å². The van der Waals surface area contributed by atoms with Crippen LogP contribution in [0, 0.1) is 11.3 Å². The minimum atomic E-state index is -0.0415. The van der Waals surface area contributed by atoms with Crippen LogP contribution in [0.15, 0.2) is 114 Å². The number of rotatable bonds is 3. The van der Waals surface area contributed by atoms with E-state index in [2.05, 4.69) is 238 Å². The van der Waals surface area contributed by atoms with Gasteiger partial charge in [0.25, 0.3) is 0 Å². The SMILES string of the molecule is CC(C)(C)c1cc(N2C3=C4B(c5cc6c(cc52)C(C)(C)CCC6(C)C)c2c(sc5ccc(C(C)(C)C)cc25)N(C2=CCC(C(C)(C)C)C=C2)C4CC(c2ccccc2C(C)(C)C)=C3)cc(C(C)(C)C)c1. The van der Waals surface area contributed by atoms with Crippen LogP contribution >= 0.6 is 11.3 Å². The van der Waals surface area contributed by atoms with Crippen LogP contribution in [-0.4, -0.2) is 12.8 Å². The van der Waals surface area contributed by atoms with E-state index in [1.54, 1.807) is 5.47 Å². The van der Waals surface area contributed by atoms with Crippen LogP contribution < -0.4 is 20.7 Å². The third kappa shape index (κ3) is 8.14. The van der Waals surface area contributed by atoms with Gasteiger partial charge in [-0.15, -0.1) is 11.3 Å². The summed E-state index contributed by atoms with van der Waals surface area (Å²) in [4.78, 5) is 5.64. The van der Waals surface area contributed by atoms with Gasteiger partial charge in [-0.2, -0.15) is 0 Å². The fraction of sp³-hybridized carbons (Fsp3) is 0.485. The van der Waals surface area contributed by atoms with E-state index in [9.17, 15) is 0 Å². The van der Waals surface area contributed by atoms with Gasteiger partial charge in [-0.1, -0.05) is 192 Å². The molecule has 0 radical (unpaired) electrons. The fourth-order valence-corrected chi connectivity index (χ4v) is 13.9. The smallest absolute Gasteiger partial charge is 0.249 e. The average Bonchev–Trinajstić information content (AvgIpc) is 3.64. The second-order valence-corrected chi connectivity index (χ2v) is 29.7. The molecule has 366 valence electrons. The van der Waals surface area contributed by atoms with Gasteiger partial charge in [0.2, 0.25) is 6.71 Å². The maximum atomic E-state index is 2.85. The van der Waals surface area contributed by atoms with Crippen molar-refractivity contribution in [2.45, 2.75) is 196 Å². The minimum absolute atomic E-state index is 0.0165. The van der Waals surface area contributed by atoms with Crippen molar-refractivity contribution in [3.05, 3.63) is 153 Å². The number of thiophene rings is 1. The van der Waals surface area contributed by atoms with E-state index in [1.165, 1.54) is 106 Å². The number of nitrogens with zero attached hydrogens (tertiary/aromatic N) is 2. The highest BCUT2D eigenvalue weighted by Gasteiger charge is 2.52. The molecule has 3 heterocycles. The molecule has 4 aromatic carbocycles. The zero-order valence-electron chi connectivity index (χ0n) is 46.6. The lowest BCUT2D eigenvalue weighted by atomic mass is 9.31. The van der Waals surface area contributed by atoms with Crippen LogP contribution in [0.4, 0.5) is 16.4 Å². The van der Waals surface area contributed by atoms with E-state index >= 15 is 0 Å². The minimum Gasteiger partial charge on any atom is -0.327 e. The quantitative estimate of drug-likeness (QED) is 0.166. The van der Waals surface area contributed by atoms with Crippen LogP contribution in [0.1, 0.15) is 196 Å². The van der Waals surface area contributed by atoms with Gasteiger partial charge in [-0.05, 0) is 172 Å². The molecule has 0 N–H and O–H groups in total. The van der Waals surface area contributed by atoms with Crippen molar-refractivity contribution < 1.29 is 0 Å². The van der Waals surface area contributed by atoms with Gasteiger partial charge in [-0.3, -0.25) is 0 Å². The zero-order chi connectivity index (χ0) is 50.6. The maximum absolute atomic E-state index is 2.85. The molecule has 2 aliphatic heterocycles. The molecule has 2 nitrogen and oxygen atoms in total. The summed E-state index contributed by atoms with van der Waals surface area (Å²) in [5.41, 5.74) is 21.5. The number of hydrogen-bond donors (Lipinski definition) is 0. The average molecular weight is 947 g/mol. The van der Waals surface area contributed by atoms with Crippen molar-refractivity contribution in [3.8, 4) is 0 Å². The summed E-state index contributed by atoms with van der Waals surface area (Å²) in [6.45, 7) is 46.0. The van der Waals surface area contributed by atoms with E-state index in [0.717, 1.165) is 12.8 Å². The highest BCUT2D eigenvalue weighted by molar-refractivity contribution is 7.26. The highest BCUT2D eigenvalue weighted by Crippen LogP contribution is 2.55. The van der Waals surface area contributed by atoms with Crippen LogP contribution in [0.25, 0.3) is 15.7 Å². The molecule has 0 bridgehead atoms. The fourth-order valence-electron chi connectivity index (χ4n) is 12.6. The maximum Gasteiger partial charge on any atom is 0.249 e. The Labute approximate surface area is 428 Å². The molecule has 4 heteroatoms. The van der Waals surface area contributed by atoms with Crippen molar-refractivity contribution in [2.24, 2.45) is 11.3 Å². The third-order valence-corrected chi connectivity index (χ3v) is 18.5. The molecule has 10 rings (SSSR count). The van der Waals surface area contributed by atoms with Gasteiger partial charge in [0.05, 0.1) is 11.0 Å². The van der Waals surface area contributed by atoms with E-state index in [1.807, 2.05) is 11.3 Å². The zero-order valence-corrected chi connectivity index (χ0v) is 47.4. The molecule has 5 aromatic rings. The summed E-state index contributed by atoms with van der Waals surface area (Å²) in [6, 6.07) is 30.0. The summed E-state index contributed by atoms with van der Waals surface area (Å²) >= 11 is 2.04. The van der Waals surface area contributed by atoms with Crippen molar-refractivity contribution in [1.82, 2.24) is 0 Å². The molecule has 0 saturated heterocycles. The third-order valence-electron chi connectivity index (χ3n) is 17.3. The molecule has 0 saturated carbocycles. The van der Waals surface area contributed by atoms with Crippen LogP contribution in [0.2, 0.25) is 0 Å². The standard InChI is InChI=1S/C66H83BN2S/c1-60(2,3)41-24-27-45(28-25-41)69-55-33-40(47-22-20-21-23-49(47)64(13,14)15)32-54-58(55)67(57-48-37-42(61(4,5)6)26-29-56(48)70-59(57)69)52-38-50-51(66(18,19)31-30-65(50,16)17)39-53(52)68(54)46-35-43(62(7,8)9)34-44(36-46)63(10,11)12/h20-24,26-29,32,34-39,41,55H,25,30-31,33H2,1-19H3. The summed E-state index contributed by atoms with van der Waals surface area (Å²) in [7, 11) is 0. The Morgan fingerprint density at radius 3 is 1.84 bits per heavy atom. The molecule has 2 unspecified atom stereocenters. The van der Waals surface area contributed by atoms with E-state index < -0.39 is 0 Å². The summed E-state index contributed by atoms with van der Waals surface area (Å²) < 4.78 is 1.39. The Morgan fingerprint density at radius 2 is 1.27 bits per heavy atom. The first kappa shape index (κ1) is 49.1. The van der Waals surface area contributed by atoms with Crippen molar-refractivity contribution >= 4 is 61.0 Å². The van der Waals surface area contributed by atoms with E-state index in [0.29, 0.717) is 5.92 Å². The van der Waals surface area contributed by atoms with Crippen molar-refractivity contribution in [2.75, 3.05) is 9.80 Å². The Balaban J connectivity index is 1.39. The predicted molar refractivity (Wildman–Crippen MR) is 309 cm³/mol. The molecule has 0 fully saturated rings. The Bertz CT molecular complexity index is 3050. The molecular formula is C66H83BN2S. The lowest BCUT2D eigenvalue weighted by Crippen LogP contribution is -2.62. The van der Waals surface area contributed by atoms with Gasteiger partial charge in [-0.25, -0.2) is 0 Å². The molecule has 2 atom stereocenters. The van der Waals surface area contributed by atoms with Crippen molar-refractivity contribution in [3.63, 3.8) is 0 Å². The molecule has 0 spiro atoms. The van der Waals surface area contributed by atoms with E-state index in [-0.39, 0.29) is 50.7 Å². The molecule has 3 aliphatic carbocycles. The second-order valence-electron chi connectivity index (χ2n) is 28.6. The Hall–Kier alpha value is -4.54. The first-order valence-corrected chi connectivity index (χ1v) is 27.6. The normalized spacial score (nSPS) is 21.0. The largest absolute Gasteiger partial charge is 0.327 e. The van der Waals surface area contributed by atoms with Crippen LogP contribution in [0.3, 0.4) is 0 Å². The molecule has 5 aliphatic rings. The number of fused-ring (bicyclic) bond motifs is 7. The first-order valence-electron chi connectivity index (χ1n) is 26.8. The predicted octanol–water partition coefficient (Wildman–Crippen LogP) is 17.2. The Kier molecular flexibility index (Phi) is 11.2. The number of benzene rings is 4. The molecule has 1 aromatic heterocycles. The highest BCUT2D eigenvalue weighted by atomic mass is 32.1. The summed E-state index contributed by atoms with van der Waals surface area (Å²) in [6.07, 6.45) is 14.7.